The summed E-state index contributed by atoms with van der Waals surface area (Å²) in [7, 11) is 1.62. The number of carbonyl (C=O) groups is 1. The number of methoxy groups -OCH3 is 1. The van der Waals surface area contributed by atoms with Crippen LogP contribution in [-0.4, -0.2) is 54.3 Å². The van der Waals surface area contributed by atoms with Crippen molar-refractivity contribution < 1.29 is 13.9 Å². The van der Waals surface area contributed by atoms with Crippen LogP contribution in [0.3, 0.4) is 0 Å². The maximum Gasteiger partial charge on any atom is 0.318 e. The SMILES string of the molecule is CCc1nnc(N2CCN(C(=O)Cc3ccccc3OC)CC2)o1. The van der Waals surface area contributed by atoms with Crippen LogP contribution in [0, 0.1) is 0 Å². The fourth-order valence-corrected chi connectivity index (χ4v) is 2.79. The van der Waals surface area contributed by atoms with E-state index in [9.17, 15) is 4.79 Å². The van der Waals surface area contributed by atoms with E-state index in [1.54, 1.807) is 7.11 Å². The first kappa shape index (κ1) is 16.3. The third-order valence-corrected chi connectivity index (χ3v) is 4.20. The van der Waals surface area contributed by atoms with Gasteiger partial charge in [0.2, 0.25) is 11.8 Å². The maximum atomic E-state index is 12.5. The van der Waals surface area contributed by atoms with Gasteiger partial charge in [0.15, 0.2) is 0 Å². The Labute approximate surface area is 141 Å². The Balaban J connectivity index is 1.57. The van der Waals surface area contributed by atoms with Crippen LogP contribution in [-0.2, 0) is 17.6 Å². The van der Waals surface area contributed by atoms with Crippen molar-refractivity contribution >= 4 is 11.9 Å². The fourth-order valence-electron chi connectivity index (χ4n) is 2.79. The minimum absolute atomic E-state index is 0.110. The summed E-state index contributed by atoms with van der Waals surface area (Å²) in [4.78, 5) is 16.4. The molecule has 0 atom stereocenters. The zero-order valence-electron chi connectivity index (χ0n) is 14.1. The maximum absolute atomic E-state index is 12.5. The lowest BCUT2D eigenvalue weighted by molar-refractivity contribution is -0.130. The van der Waals surface area contributed by atoms with Crippen molar-refractivity contribution in [1.82, 2.24) is 15.1 Å². The molecular formula is C17H22N4O3. The van der Waals surface area contributed by atoms with E-state index in [-0.39, 0.29) is 5.91 Å². The molecule has 1 aliphatic heterocycles. The lowest BCUT2D eigenvalue weighted by atomic mass is 10.1. The molecule has 2 aromatic rings. The molecule has 1 aromatic carbocycles. The van der Waals surface area contributed by atoms with Gasteiger partial charge in [-0.05, 0) is 6.07 Å². The molecule has 128 valence electrons. The number of hydrogen-bond acceptors (Lipinski definition) is 6. The number of nitrogens with zero attached hydrogens (tertiary/aromatic N) is 4. The molecule has 0 bridgehead atoms. The molecule has 1 saturated heterocycles. The molecule has 24 heavy (non-hydrogen) atoms. The van der Waals surface area contributed by atoms with Gasteiger partial charge in [-0.15, -0.1) is 5.10 Å². The number of aromatic nitrogens is 2. The van der Waals surface area contributed by atoms with Crippen LogP contribution in [0.5, 0.6) is 5.75 Å². The molecule has 0 radical (unpaired) electrons. The predicted molar refractivity (Wildman–Crippen MR) is 89.2 cm³/mol. The van der Waals surface area contributed by atoms with Crippen LogP contribution in [0.25, 0.3) is 0 Å². The Morgan fingerprint density at radius 1 is 1.21 bits per heavy atom. The van der Waals surface area contributed by atoms with Gasteiger partial charge in [0.1, 0.15) is 5.75 Å². The Kier molecular flexibility index (Phi) is 4.98. The number of amides is 1. The fraction of sp³-hybridized carbons (Fsp3) is 0.471. The van der Waals surface area contributed by atoms with E-state index in [4.69, 9.17) is 9.15 Å². The standard InChI is InChI=1S/C17H22N4O3/c1-3-15-18-19-17(24-15)21-10-8-20(9-11-21)16(22)12-13-6-4-5-7-14(13)23-2/h4-7H,3,8-12H2,1-2H3. The Hall–Kier alpha value is -2.57. The van der Waals surface area contributed by atoms with E-state index >= 15 is 0 Å². The minimum Gasteiger partial charge on any atom is -0.496 e. The molecule has 0 saturated carbocycles. The molecular weight excluding hydrogens is 308 g/mol. The third-order valence-electron chi connectivity index (χ3n) is 4.20. The average molecular weight is 330 g/mol. The zero-order chi connectivity index (χ0) is 16.9. The van der Waals surface area contributed by atoms with Gasteiger partial charge in [-0.1, -0.05) is 30.2 Å². The van der Waals surface area contributed by atoms with Gasteiger partial charge in [-0.25, -0.2) is 0 Å². The molecule has 0 aliphatic carbocycles. The van der Waals surface area contributed by atoms with E-state index in [0.29, 0.717) is 44.5 Å². The lowest BCUT2D eigenvalue weighted by Crippen LogP contribution is -2.49. The Morgan fingerprint density at radius 2 is 1.96 bits per heavy atom. The number of aryl methyl sites for hydroxylation is 1. The summed E-state index contributed by atoms with van der Waals surface area (Å²) in [6.45, 7) is 4.67. The van der Waals surface area contributed by atoms with Gasteiger partial charge >= 0.3 is 6.01 Å². The highest BCUT2D eigenvalue weighted by molar-refractivity contribution is 5.79. The van der Waals surface area contributed by atoms with Gasteiger partial charge in [-0.3, -0.25) is 4.79 Å². The van der Waals surface area contributed by atoms with Crippen molar-refractivity contribution in [3.05, 3.63) is 35.7 Å². The van der Waals surface area contributed by atoms with Crippen molar-refractivity contribution in [3.63, 3.8) is 0 Å². The highest BCUT2D eigenvalue weighted by Crippen LogP contribution is 2.20. The number of piperazine rings is 1. The van der Waals surface area contributed by atoms with Crippen LogP contribution < -0.4 is 9.64 Å². The zero-order valence-corrected chi connectivity index (χ0v) is 14.1. The first-order valence-corrected chi connectivity index (χ1v) is 8.18. The summed E-state index contributed by atoms with van der Waals surface area (Å²) in [5.74, 6) is 1.50. The average Bonchev–Trinajstić information content (AvgIpc) is 3.11. The number of ether oxygens (including phenoxy) is 1. The molecule has 1 fully saturated rings. The molecule has 0 unspecified atom stereocenters. The largest absolute Gasteiger partial charge is 0.496 e. The number of rotatable bonds is 5. The highest BCUT2D eigenvalue weighted by Gasteiger charge is 2.24. The van der Waals surface area contributed by atoms with E-state index in [2.05, 4.69) is 10.2 Å². The summed E-state index contributed by atoms with van der Waals surface area (Å²) in [6.07, 6.45) is 1.08. The highest BCUT2D eigenvalue weighted by atomic mass is 16.5. The monoisotopic (exact) mass is 330 g/mol. The van der Waals surface area contributed by atoms with E-state index in [0.717, 1.165) is 17.7 Å². The summed E-state index contributed by atoms with van der Waals surface area (Å²) >= 11 is 0. The van der Waals surface area contributed by atoms with Crippen LogP contribution >= 0.6 is 0 Å². The van der Waals surface area contributed by atoms with Gasteiger partial charge in [-0.2, -0.15) is 0 Å². The second-order valence-corrected chi connectivity index (χ2v) is 5.69. The lowest BCUT2D eigenvalue weighted by Gasteiger charge is -2.33. The topological polar surface area (TPSA) is 71.7 Å². The normalized spacial score (nSPS) is 14.8. The Bertz CT molecular complexity index is 693. The van der Waals surface area contributed by atoms with Crippen molar-refractivity contribution in [2.24, 2.45) is 0 Å². The molecule has 7 heteroatoms. The quantitative estimate of drug-likeness (QED) is 0.828. The number of benzene rings is 1. The van der Waals surface area contributed by atoms with Crippen molar-refractivity contribution in [1.29, 1.82) is 0 Å². The number of para-hydroxylation sites is 1. The van der Waals surface area contributed by atoms with Gasteiger partial charge in [0, 0.05) is 38.2 Å². The molecule has 1 amide bonds. The summed E-state index contributed by atoms with van der Waals surface area (Å²) < 4.78 is 10.9. The number of anilines is 1. The molecule has 7 nitrogen and oxygen atoms in total. The van der Waals surface area contributed by atoms with Crippen molar-refractivity contribution in [3.8, 4) is 5.75 Å². The van der Waals surface area contributed by atoms with Crippen molar-refractivity contribution in [2.45, 2.75) is 19.8 Å². The van der Waals surface area contributed by atoms with E-state index in [1.165, 1.54) is 0 Å². The van der Waals surface area contributed by atoms with Crippen LogP contribution in [0.4, 0.5) is 6.01 Å². The van der Waals surface area contributed by atoms with E-state index < -0.39 is 0 Å². The number of carbonyl (C=O) groups excluding carboxylic acids is 1. The predicted octanol–water partition coefficient (Wildman–Crippen LogP) is 1.53. The summed E-state index contributed by atoms with van der Waals surface area (Å²) in [6, 6.07) is 8.17. The van der Waals surface area contributed by atoms with Gasteiger partial charge in [0.25, 0.3) is 0 Å². The van der Waals surface area contributed by atoms with Crippen molar-refractivity contribution in [2.75, 3.05) is 38.2 Å². The van der Waals surface area contributed by atoms with Gasteiger partial charge < -0.3 is 19.0 Å². The molecule has 3 rings (SSSR count). The third kappa shape index (κ3) is 3.50. The van der Waals surface area contributed by atoms with Gasteiger partial charge in [0.05, 0.1) is 13.5 Å². The molecule has 1 aromatic heterocycles. The second-order valence-electron chi connectivity index (χ2n) is 5.69. The molecule has 0 spiro atoms. The first-order chi connectivity index (χ1) is 11.7. The molecule has 0 N–H and O–H groups in total. The van der Waals surface area contributed by atoms with Crippen LogP contribution in [0.2, 0.25) is 0 Å². The minimum atomic E-state index is 0.110. The molecule has 1 aliphatic rings. The van der Waals surface area contributed by atoms with Crippen LogP contribution in [0.15, 0.2) is 28.7 Å². The number of hydrogen-bond donors (Lipinski definition) is 0. The Morgan fingerprint density at radius 3 is 2.62 bits per heavy atom. The first-order valence-electron chi connectivity index (χ1n) is 8.18. The second kappa shape index (κ2) is 7.33. The summed E-state index contributed by atoms with van der Waals surface area (Å²) in [5, 5.41) is 8.05. The smallest absolute Gasteiger partial charge is 0.318 e. The van der Waals surface area contributed by atoms with Crippen LogP contribution in [0.1, 0.15) is 18.4 Å². The molecule has 2 heterocycles. The van der Waals surface area contributed by atoms with E-state index in [1.807, 2.05) is 41.0 Å². The summed E-state index contributed by atoms with van der Waals surface area (Å²) in [5.41, 5.74) is 0.914.